The van der Waals surface area contributed by atoms with Crippen LogP contribution in [0.5, 0.6) is 0 Å². The fraction of sp³-hybridized carbons (Fsp3) is 0.308. The molecule has 1 heterocycles. The van der Waals surface area contributed by atoms with Gasteiger partial charge in [0, 0.05) is 16.8 Å². The van der Waals surface area contributed by atoms with E-state index in [0.717, 1.165) is 10.9 Å². The summed E-state index contributed by atoms with van der Waals surface area (Å²) in [6, 6.07) is 7.49. The number of rotatable bonds is 5. The monoisotopic (exact) mass is 264 g/mol. The third-order valence-electron chi connectivity index (χ3n) is 3.00. The summed E-state index contributed by atoms with van der Waals surface area (Å²) in [5.41, 5.74) is 7.05. The number of carbonyl (C=O) groups is 1. The van der Waals surface area contributed by atoms with Gasteiger partial charge in [-0.1, -0.05) is 18.2 Å². The van der Waals surface area contributed by atoms with E-state index in [1.54, 1.807) is 18.4 Å². The van der Waals surface area contributed by atoms with Crippen LogP contribution in [0, 0.1) is 0 Å². The molecule has 4 nitrogen and oxygen atoms in total. The highest BCUT2D eigenvalue weighted by Gasteiger charge is 2.23. The summed E-state index contributed by atoms with van der Waals surface area (Å²) in [6.07, 6.45) is -0.0460. The lowest BCUT2D eigenvalue weighted by molar-refractivity contribution is -0.137. The lowest BCUT2D eigenvalue weighted by atomic mass is 9.97. The van der Waals surface area contributed by atoms with Crippen molar-refractivity contribution in [3.8, 4) is 0 Å². The molecule has 5 heteroatoms. The number of carboxylic acid groups (broad SMARTS) is 1. The van der Waals surface area contributed by atoms with Gasteiger partial charge in [0.2, 0.25) is 0 Å². The van der Waals surface area contributed by atoms with Crippen LogP contribution in [-0.2, 0) is 4.79 Å². The predicted octanol–water partition coefficient (Wildman–Crippen LogP) is 1.96. The molecule has 0 saturated carbocycles. The highest BCUT2D eigenvalue weighted by Crippen LogP contribution is 2.31. The maximum atomic E-state index is 10.8. The third-order valence-corrected chi connectivity index (χ3v) is 3.98. The van der Waals surface area contributed by atoms with Crippen LogP contribution in [-0.4, -0.2) is 24.2 Å². The first-order chi connectivity index (χ1) is 8.63. The molecule has 2 aromatic rings. The van der Waals surface area contributed by atoms with Gasteiger partial charge in [-0.2, -0.15) is 0 Å². The molecule has 2 rings (SSSR count). The molecule has 0 spiro atoms. The zero-order valence-corrected chi connectivity index (χ0v) is 10.9. The van der Waals surface area contributed by atoms with Gasteiger partial charge in [-0.15, -0.1) is 11.3 Å². The van der Waals surface area contributed by atoms with Gasteiger partial charge in [-0.25, -0.2) is 0 Å². The van der Waals surface area contributed by atoms with Crippen molar-refractivity contribution in [2.24, 2.45) is 5.73 Å². The van der Waals surface area contributed by atoms with Crippen molar-refractivity contribution in [2.75, 3.05) is 7.05 Å². The number of hydrogen-bond acceptors (Lipinski definition) is 4. The van der Waals surface area contributed by atoms with Crippen molar-refractivity contribution in [1.29, 1.82) is 0 Å². The molecule has 0 fully saturated rings. The van der Waals surface area contributed by atoms with Gasteiger partial charge >= 0.3 is 5.97 Å². The second kappa shape index (κ2) is 5.48. The van der Waals surface area contributed by atoms with Crippen LogP contribution in [0.25, 0.3) is 10.1 Å². The molecule has 0 amide bonds. The number of thiophene rings is 1. The molecule has 18 heavy (non-hydrogen) atoms. The van der Waals surface area contributed by atoms with Gasteiger partial charge in [0.15, 0.2) is 0 Å². The van der Waals surface area contributed by atoms with Gasteiger partial charge in [0.25, 0.3) is 0 Å². The number of carboxylic acids is 1. The van der Waals surface area contributed by atoms with Crippen LogP contribution < -0.4 is 11.1 Å². The number of likely N-dealkylation sites (N-methyl/N-ethyl adjacent to an activating group) is 1. The van der Waals surface area contributed by atoms with E-state index in [9.17, 15) is 4.79 Å². The van der Waals surface area contributed by atoms with E-state index in [1.807, 2.05) is 23.6 Å². The average Bonchev–Trinajstić information content (AvgIpc) is 2.73. The molecule has 1 aromatic carbocycles. The number of benzene rings is 1. The Morgan fingerprint density at radius 1 is 1.50 bits per heavy atom. The first kappa shape index (κ1) is 13.0. The summed E-state index contributed by atoms with van der Waals surface area (Å²) < 4.78 is 1.19. The number of hydrogen-bond donors (Lipinski definition) is 3. The summed E-state index contributed by atoms with van der Waals surface area (Å²) in [6.45, 7) is 0. The molecule has 0 aliphatic rings. The molecule has 2 atom stereocenters. The first-order valence-corrected chi connectivity index (χ1v) is 6.62. The van der Waals surface area contributed by atoms with Crippen LogP contribution in [0.3, 0.4) is 0 Å². The number of nitrogens with one attached hydrogen (secondary N) is 1. The summed E-state index contributed by atoms with van der Waals surface area (Å²) in [4.78, 5) is 10.8. The molecule has 4 N–H and O–H groups in total. The van der Waals surface area contributed by atoms with E-state index >= 15 is 0 Å². The molecule has 0 aliphatic heterocycles. The minimum Gasteiger partial charge on any atom is -0.481 e. The van der Waals surface area contributed by atoms with Gasteiger partial charge < -0.3 is 16.2 Å². The normalized spacial score (nSPS) is 14.6. The molecule has 0 aliphatic carbocycles. The SMILES string of the molecule is CNC(c1csc2ccccc12)C(N)CC(=O)O. The molecular weight excluding hydrogens is 248 g/mol. The lowest BCUT2D eigenvalue weighted by Gasteiger charge is -2.22. The van der Waals surface area contributed by atoms with E-state index in [0.29, 0.717) is 0 Å². The molecule has 96 valence electrons. The molecule has 1 aromatic heterocycles. The molecule has 0 bridgehead atoms. The summed E-state index contributed by atoms with van der Waals surface area (Å²) in [5, 5.41) is 15.1. The Bertz CT molecular complexity index is 553. The Balaban J connectivity index is 2.35. The van der Waals surface area contributed by atoms with Crippen molar-refractivity contribution in [3.63, 3.8) is 0 Å². The minimum absolute atomic E-state index is 0.0460. The highest BCUT2D eigenvalue weighted by atomic mass is 32.1. The second-order valence-corrected chi connectivity index (χ2v) is 5.13. The zero-order valence-electron chi connectivity index (χ0n) is 10.1. The van der Waals surface area contributed by atoms with Gasteiger partial charge in [-0.05, 0) is 29.4 Å². The van der Waals surface area contributed by atoms with E-state index in [1.165, 1.54) is 4.70 Å². The topological polar surface area (TPSA) is 75.3 Å². The van der Waals surface area contributed by atoms with Crippen molar-refractivity contribution >= 4 is 27.4 Å². The predicted molar refractivity (Wildman–Crippen MR) is 73.9 cm³/mol. The number of aliphatic carboxylic acids is 1. The largest absolute Gasteiger partial charge is 0.481 e. The Morgan fingerprint density at radius 2 is 2.22 bits per heavy atom. The molecular formula is C13H16N2O2S. The first-order valence-electron chi connectivity index (χ1n) is 5.74. The summed E-state index contributed by atoms with van der Waals surface area (Å²) in [7, 11) is 1.80. The minimum atomic E-state index is -0.873. The van der Waals surface area contributed by atoms with Crippen molar-refractivity contribution in [1.82, 2.24) is 5.32 Å². The molecule has 2 unspecified atom stereocenters. The Hall–Kier alpha value is -1.43. The average molecular weight is 264 g/mol. The lowest BCUT2D eigenvalue weighted by Crippen LogP contribution is -2.37. The quantitative estimate of drug-likeness (QED) is 0.771. The zero-order chi connectivity index (χ0) is 13.1. The Labute approximate surface area is 109 Å². The Morgan fingerprint density at radius 3 is 2.89 bits per heavy atom. The number of nitrogens with two attached hydrogens (primary N) is 1. The highest BCUT2D eigenvalue weighted by molar-refractivity contribution is 7.17. The maximum Gasteiger partial charge on any atom is 0.304 e. The van der Waals surface area contributed by atoms with E-state index in [4.69, 9.17) is 10.8 Å². The smallest absolute Gasteiger partial charge is 0.304 e. The van der Waals surface area contributed by atoms with Crippen LogP contribution in [0.1, 0.15) is 18.0 Å². The van der Waals surface area contributed by atoms with Gasteiger partial charge in [0.05, 0.1) is 6.42 Å². The summed E-state index contributed by atoms with van der Waals surface area (Å²) in [5.74, 6) is -0.873. The fourth-order valence-electron chi connectivity index (χ4n) is 2.16. The molecule has 0 radical (unpaired) electrons. The third kappa shape index (κ3) is 2.53. The van der Waals surface area contributed by atoms with E-state index in [-0.39, 0.29) is 12.5 Å². The second-order valence-electron chi connectivity index (χ2n) is 4.22. The van der Waals surface area contributed by atoms with E-state index < -0.39 is 12.0 Å². The van der Waals surface area contributed by atoms with Crippen molar-refractivity contribution < 1.29 is 9.90 Å². The van der Waals surface area contributed by atoms with E-state index in [2.05, 4.69) is 11.4 Å². The van der Waals surface area contributed by atoms with Crippen LogP contribution >= 0.6 is 11.3 Å². The van der Waals surface area contributed by atoms with Crippen LogP contribution in [0.4, 0.5) is 0 Å². The Kier molecular flexibility index (Phi) is 3.96. The molecule has 0 saturated heterocycles. The van der Waals surface area contributed by atoms with Crippen LogP contribution in [0.2, 0.25) is 0 Å². The van der Waals surface area contributed by atoms with Gasteiger partial charge in [-0.3, -0.25) is 4.79 Å². The standard InChI is InChI=1S/C13H16N2O2S/c1-15-13(10(14)6-12(16)17)9-7-18-11-5-3-2-4-8(9)11/h2-5,7,10,13,15H,6,14H2,1H3,(H,16,17). The van der Waals surface area contributed by atoms with Crippen molar-refractivity contribution in [3.05, 3.63) is 35.2 Å². The number of fused-ring (bicyclic) bond motifs is 1. The van der Waals surface area contributed by atoms with Crippen LogP contribution in [0.15, 0.2) is 29.6 Å². The van der Waals surface area contributed by atoms with Crippen molar-refractivity contribution in [2.45, 2.75) is 18.5 Å². The van der Waals surface area contributed by atoms with Gasteiger partial charge in [0.1, 0.15) is 0 Å². The maximum absolute atomic E-state index is 10.8. The summed E-state index contributed by atoms with van der Waals surface area (Å²) >= 11 is 1.65. The fourth-order valence-corrected chi connectivity index (χ4v) is 3.16.